The van der Waals surface area contributed by atoms with Gasteiger partial charge in [0.05, 0.1) is 0 Å². The molecule has 1 aromatic heterocycles. The molecule has 3 nitrogen and oxygen atoms in total. The summed E-state index contributed by atoms with van der Waals surface area (Å²) < 4.78 is 0.966. The molecule has 1 heterocycles. The number of hydrogen-bond acceptors (Lipinski definition) is 3. The van der Waals surface area contributed by atoms with Crippen molar-refractivity contribution in [1.29, 1.82) is 0 Å². The van der Waals surface area contributed by atoms with Crippen LogP contribution in [-0.4, -0.2) is 4.98 Å². The van der Waals surface area contributed by atoms with Crippen LogP contribution in [0.3, 0.4) is 0 Å². The van der Waals surface area contributed by atoms with Crippen molar-refractivity contribution in [2.24, 2.45) is 0 Å². The van der Waals surface area contributed by atoms with Crippen LogP contribution in [0.1, 0.15) is 11.3 Å². The molecule has 1 aromatic carbocycles. The van der Waals surface area contributed by atoms with Crippen LogP contribution in [0.4, 0.5) is 0 Å². The normalized spacial score (nSPS) is 10.7. The Morgan fingerprint density at radius 3 is 2.88 bits per heavy atom. The lowest BCUT2D eigenvalue weighted by atomic mass is 10.2. The highest BCUT2D eigenvalue weighted by Gasteiger charge is 2.01. The number of benzene rings is 1. The Morgan fingerprint density at radius 1 is 1.41 bits per heavy atom. The topological polar surface area (TPSA) is 44.9 Å². The summed E-state index contributed by atoms with van der Waals surface area (Å²) in [6.45, 7) is 1.30. The summed E-state index contributed by atoms with van der Waals surface area (Å²) in [5, 5.41) is 5.77. The van der Waals surface area contributed by atoms with Crippen molar-refractivity contribution in [3.63, 3.8) is 0 Å². The Balaban J connectivity index is 1.92. The Labute approximate surface area is 116 Å². The zero-order valence-corrected chi connectivity index (χ0v) is 12.0. The van der Waals surface area contributed by atoms with Gasteiger partial charge in [-0.2, -0.15) is 0 Å². The maximum absolute atomic E-state index is 10.9. The van der Waals surface area contributed by atoms with Gasteiger partial charge in [-0.25, -0.2) is 0 Å². The van der Waals surface area contributed by atoms with E-state index in [1.165, 1.54) is 11.3 Å². The molecule has 90 valence electrons. The van der Waals surface area contributed by atoms with Crippen LogP contribution < -0.4 is 10.2 Å². The molecule has 2 aromatic rings. The molecular weight excluding hydrogens is 324 g/mol. The fourth-order valence-electron chi connectivity index (χ4n) is 1.40. The highest BCUT2D eigenvalue weighted by atomic mass is 79.9. The van der Waals surface area contributed by atoms with Crippen LogP contribution in [0.15, 0.2) is 32.8 Å². The summed E-state index contributed by atoms with van der Waals surface area (Å²) in [6.07, 6.45) is 0. The number of H-pyrrole nitrogens is 1. The van der Waals surface area contributed by atoms with Gasteiger partial charge in [0, 0.05) is 33.7 Å². The molecule has 0 spiro atoms. The molecule has 0 unspecified atom stereocenters. The molecule has 0 amide bonds. The third kappa shape index (κ3) is 3.67. The Kier molecular flexibility index (Phi) is 4.39. The van der Waals surface area contributed by atoms with E-state index >= 15 is 0 Å². The van der Waals surface area contributed by atoms with Gasteiger partial charge in [0.25, 0.3) is 0 Å². The highest BCUT2D eigenvalue weighted by Crippen LogP contribution is 2.21. The average molecular weight is 334 g/mol. The van der Waals surface area contributed by atoms with Gasteiger partial charge in [-0.3, -0.25) is 4.79 Å². The highest BCUT2D eigenvalue weighted by molar-refractivity contribution is 9.10. The second-order valence-electron chi connectivity index (χ2n) is 3.51. The van der Waals surface area contributed by atoms with E-state index < -0.39 is 0 Å². The molecule has 2 rings (SSSR count). The molecule has 0 fully saturated rings. The van der Waals surface area contributed by atoms with Crippen molar-refractivity contribution >= 4 is 38.9 Å². The van der Waals surface area contributed by atoms with Crippen LogP contribution in [0.2, 0.25) is 5.02 Å². The monoisotopic (exact) mass is 332 g/mol. The molecule has 0 saturated heterocycles. The SMILES string of the molecule is O=c1[nH]c(CNCc2ccc(Br)cc2Cl)cs1. The molecule has 2 N–H and O–H groups in total. The number of hydrogen-bond donors (Lipinski definition) is 2. The largest absolute Gasteiger partial charge is 0.315 e. The molecular formula is C11H10BrClN2OS. The van der Waals surface area contributed by atoms with Crippen molar-refractivity contribution in [2.45, 2.75) is 13.1 Å². The van der Waals surface area contributed by atoms with E-state index in [1.54, 1.807) is 0 Å². The number of rotatable bonds is 4. The van der Waals surface area contributed by atoms with Gasteiger partial charge in [-0.05, 0) is 17.7 Å². The standard InChI is InChI=1S/C11H10BrClN2OS/c12-8-2-1-7(10(13)3-8)4-14-5-9-6-17-11(16)15-9/h1-3,6,14H,4-5H2,(H,15,16). The van der Waals surface area contributed by atoms with Gasteiger partial charge in [0.15, 0.2) is 0 Å². The van der Waals surface area contributed by atoms with Crippen LogP contribution in [0.5, 0.6) is 0 Å². The fourth-order valence-corrected chi connectivity index (χ4v) is 2.72. The first-order valence-electron chi connectivity index (χ1n) is 4.96. The maximum Gasteiger partial charge on any atom is 0.304 e. The molecule has 0 aliphatic carbocycles. The number of thiazole rings is 1. The third-order valence-electron chi connectivity index (χ3n) is 2.22. The molecule has 0 aliphatic heterocycles. The molecule has 0 bridgehead atoms. The van der Waals surface area contributed by atoms with Gasteiger partial charge >= 0.3 is 4.87 Å². The molecule has 0 radical (unpaired) electrons. The quantitative estimate of drug-likeness (QED) is 0.903. The Bertz CT molecular complexity index is 567. The smallest absolute Gasteiger partial charge is 0.304 e. The summed E-state index contributed by atoms with van der Waals surface area (Å²) in [7, 11) is 0. The van der Waals surface area contributed by atoms with Gasteiger partial charge in [-0.1, -0.05) is 44.9 Å². The zero-order valence-electron chi connectivity index (χ0n) is 8.80. The molecule has 6 heteroatoms. The lowest BCUT2D eigenvalue weighted by Crippen LogP contribution is -2.14. The summed E-state index contributed by atoms with van der Waals surface area (Å²) in [5.41, 5.74) is 1.93. The number of halogens is 2. The molecule has 0 saturated carbocycles. The number of aromatic amines is 1. The second kappa shape index (κ2) is 5.82. The van der Waals surface area contributed by atoms with E-state index in [0.717, 1.165) is 20.8 Å². The van der Waals surface area contributed by atoms with E-state index in [-0.39, 0.29) is 4.87 Å². The summed E-state index contributed by atoms with van der Waals surface area (Å²) in [6, 6.07) is 5.79. The number of aromatic nitrogens is 1. The summed E-state index contributed by atoms with van der Waals surface area (Å²) >= 11 is 10.6. The van der Waals surface area contributed by atoms with Crippen molar-refractivity contribution in [3.8, 4) is 0 Å². The van der Waals surface area contributed by atoms with E-state index in [4.69, 9.17) is 11.6 Å². The Hall–Kier alpha value is -0.620. The minimum atomic E-state index is -0.0246. The van der Waals surface area contributed by atoms with Crippen molar-refractivity contribution in [1.82, 2.24) is 10.3 Å². The van der Waals surface area contributed by atoms with E-state index in [1.807, 2.05) is 23.6 Å². The van der Waals surface area contributed by atoms with Crippen molar-refractivity contribution in [3.05, 3.63) is 54.0 Å². The summed E-state index contributed by atoms with van der Waals surface area (Å²) in [4.78, 5) is 13.6. The zero-order chi connectivity index (χ0) is 12.3. The van der Waals surface area contributed by atoms with Crippen LogP contribution in [-0.2, 0) is 13.1 Å². The van der Waals surface area contributed by atoms with Crippen LogP contribution >= 0.6 is 38.9 Å². The first kappa shape index (κ1) is 12.8. The predicted octanol–water partition coefficient (Wildman–Crippen LogP) is 3.14. The Morgan fingerprint density at radius 2 is 2.24 bits per heavy atom. The number of nitrogens with one attached hydrogen (secondary N) is 2. The van der Waals surface area contributed by atoms with E-state index in [9.17, 15) is 4.79 Å². The molecule has 0 atom stereocenters. The predicted molar refractivity (Wildman–Crippen MR) is 74.6 cm³/mol. The van der Waals surface area contributed by atoms with E-state index in [2.05, 4.69) is 26.2 Å². The minimum absolute atomic E-state index is 0.0246. The van der Waals surface area contributed by atoms with Crippen LogP contribution in [0, 0.1) is 0 Å². The van der Waals surface area contributed by atoms with E-state index in [0.29, 0.717) is 13.1 Å². The molecule has 17 heavy (non-hydrogen) atoms. The third-order valence-corrected chi connectivity index (χ3v) is 3.78. The van der Waals surface area contributed by atoms with Crippen molar-refractivity contribution < 1.29 is 0 Å². The second-order valence-corrected chi connectivity index (χ2v) is 5.68. The van der Waals surface area contributed by atoms with Gasteiger partial charge in [0.1, 0.15) is 0 Å². The lowest BCUT2D eigenvalue weighted by Gasteiger charge is -2.06. The first-order valence-corrected chi connectivity index (χ1v) is 7.01. The summed E-state index contributed by atoms with van der Waals surface area (Å²) in [5.74, 6) is 0. The molecule has 0 aliphatic rings. The van der Waals surface area contributed by atoms with Gasteiger partial charge < -0.3 is 10.3 Å². The maximum atomic E-state index is 10.9. The fraction of sp³-hybridized carbons (Fsp3) is 0.182. The minimum Gasteiger partial charge on any atom is -0.315 e. The average Bonchev–Trinajstić information content (AvgIpc) is 2.68. The lowest BCUT2D eigenvalue weighted by molar-refractivity contribution is 0.682. The van der Waals surface area contributed by atoms with Gasteiger partial charge in [0.2, 0.25) is 0 Å². The van der Waals surface area contributed by atoms with Gasteiger partial charge in [-0.15, -0.1) is 0 Å². The van der Waals surface area contributed by atoms with Crippen molar-refractivity contribution in [2.75, 3.05) is 0 Å². The van der Waals surface area contributed by atoms with Crippen LogP contribution in [0.25, 0.3) is 0 Å². The first-order chi connectivity index (χ1) is 8.15.